The number of Topliss-reactive ketones (excluding diaryl/α,β-unsaturated/α-hetero) is 1. The fourth-order valence-corrected chi connectivity index (χ4v) is 3.79. The Morgan fingerprint density at radius 1 is 1.03 bits per heavy atom. The summed E-state index contributed by atoms with van der Waals surface area (Å²) in [6.07, 6.45) is 0.888. The zero-order valence-corrected chi connectivity index (χ0v) is 19.7. The molecule has 33 heavy (non-hydrogen) atoms. The van der Waals surface area contributed by atoms with Gasteiger partial charge >= 0.3 is 0 Å². The maximum absolute atomic E-state index is 13.1. The fraction of sp³-hybridized carbons (Fsp3) is 0.385. The molecule has 1 unspecified atom stereocenters. The Hall–Kier alpha value is -3.32. The molecule has 0 aromatic heterocycles. The van der Waals surface area contributed by atoms with E-state index in [-0.39, 0.29) is 11.3 Å². The van der Waals surface area contributed by atoms with Crippen LogP contribution in [0.1, 0.15) is 37.4 Å². The lowest BCUT2D eigenvalue weighted by atomic mass is 9.95. The van der Waals surface area contributed by atoms with Gasteiger partial charge in [0.25, 0.3) is 11.7 Å². The number of likely N-dealkylation sites (N-methyl/N-ethyl adjacent to an activating group) is 1. The molecule has 3 rings (SSSR count). The summed E-state index contributed by atoms with van der Waals surface area (Å²) in [5.74, 6) is -0.182. The van der Waals surface area contributed by atoms with Crippen molar-refractivity contribution >= 4 is 17.4 Å². The molecule has 2 aromatic rings. The van der Waals surface area contributed by atoms with E-state index in [1.807, 2.05) is 57.1 Å². The number of carbonyl (C=O) groups excluding carboxylic acids is 2. The van der Waals surface area contributed by atoms with E-state index in [1.165, 1.54) is 4.90 Å². The van der Waals surface area contributed by atoms with Gasteiger partial charge < -0.3 is 24.4 Å². The van der Waals surface area contributed by atoms with Gasteiger partial charge in [-0.1, -0.05) is 19.1 Å². The molecule has 7 nitrogen and oxygen atoms in total. The molecule has 2 aromatic carbocycles. The van der Waals surface area contributed by atoms with E-state index >= 15 is 0 Å². The molecule has 1 saturated heterocycles. The number of amides is 1. The molecule has 0 spiro atoms. The van der Waals surface area contributed by atoms with Gasteiger partial charge in [-0.15, -0.1) is 0 Å². The molecule has 176 valence electrons. The van der Waals surface area contributed by atoms with E-state index in [0.29, 0.717) is 48.9 Å². The minimum Gasteiger partial charge on any atom is -0.507 e. The summed E-state index contributed by atoms with van der Waals surface area (Å²) in [7, 11) is 3.81. The van der Waals surface area contributed by atoms with Gasteiger partial charge in [-0.2, -0.15) is 0 Å². The maximum atomic E-state index is 13.1. The normalized spacial score (nSPS) is 17.6. The number of ketones is 1. The number of nitrogens with zero attached hydrogens (tertiary/aromatic N) is 2. The second-order valence-electron chi connectivity index (χ2n) is 8.17. The van der Waals surface area contributed by atoms with Crippen LogP contribution in [0.4, 0.5) is 0 Å². The first-order valence-electron chi connectivity index (χ1n) is 11.3. The molecule has 0 saturated carbocycles. The number of likely N-dealkylation sites (tertiary alicyclic amines) is 1. The third-order valence-corrected chi connectivity index (χ3v) is 5.41. The van der Waals surface area contributed by atoms with Gasteiger partial charge in [-0.3, -0.25) is 9.59 Å². The van der Waals surface area contributed by atoms with Gasteiger partial charge in [-0.25, -0.2) is 0 Å². The first-order valence-corrected chi connectivity index (χ1v) is 11.3. The zero-order chi connectivity index (χ0) is 24.0. The molecular weight excluding hydrogens is 420 g/mol. The van der Waals surface area contributed by atoms with Crippen molar-refractivity contribution in [2.45, 2.75) is 26.3 Å². The first-order chi connectivity index (χ1) is 15.9. The Bertz CT molecular complexity index is 1010. The first kappa shape index (κ1) is 24.3. The standard InChI is InChI=1S/C26H32N2O5/c1-5-16-33-20-12-10-18(11-13-20)24(29)22-23(19-8-7-9-21(17-19)32-6-2)28(15-14-27(3)4)26(31)25(22)30/h7-13,17,23,29H,5-6,14-16H2,1-4H3/b24-22-. The quantitative estimate of drug-likeness (QED) is 0.335. The predicted octanol–water partition coefficient (Wildman–Crippen LogP) is 3.86. The molecule has 0 aliphatic carbocycles. The van der Waals surface area contributed by atoms with E-state index in [0.717, 1.165) is 6.42 Å². The molecule has 1 amide bonds. The monoisotopic (exact) mass is 452 g/mol. The van der Waals surface area contributed by atoms with Gasteiger partial charge in [-0.05, 0) is 69.4 Å². The summed E-state index contributed by atoms with van der Waals surface area (Å²) >= 11 is 0. The lowest BCUT2D eigenvalue weighted by Gasteiger charge is -2.27. The van der Waals surface area contributed by atoms with Crippen LogP contribution in [0, 0.1) is 0 Å². The molecule has 1 aliphatic heterocycles. The summed E-state index contributed by atoms with van der Waals surface area (Å²) in [5.41, 5.74) is 1.24. The number of benzene rings is 2. The lowest BCUT2D eigenvalue weighted by molar-refractivity contribution is -0.140. The van der Waals surface area contributed by atoms with Crippen LogP contribution in [-0.4, -0.2) is 67.0 Å². The van der Waals surface area contributed by atoms with E-state index in [2.05, 4.69) is 0 Å². The minimum absolute atomic E-state index is 0.0784. The molecular formula is C26H32N2O5. The van der Waals surface area contributed by atoms with Crippen LogP contribution in [0.5, 0.6) is 11.5 Å². The number of ether oxygens (including phenoxy) is 2. The molecule has 1 heterocycles. The number of rotatable bonds is 10. The number of hydrogen-bond acceptors (Lipinski definition) is 6. The summed E-state index contributed by atoms with van der Waals surface area (Å²) in [5, 5.41) is 11.2. The van der Waals surface area contributed by atoms with Crippen molar-refractivity contribution in [2.75, 3.05) is 40.4 Å². The molecule has 1 aliphatic rings. The van der Waals surface area contributed by atoms with E-state index in [9.17, 15) is 14.7 Å². The van der Waals surface area contributed by atoms with Crippen LogP contribution in [0.25, 0.3) is 5.76 Å². The highest BCUT2D eigenvalue weighted by atomic mass is 16.5. The average molecular weight is 453 g/mol. The maximum Gasteiger partial charge on any atom is 0.295 e. The predicted molar refractivity (Wildman–Crippen MR) is 127 cm³/mol. The molecule has 1 N–H and O–H groups in total. The van der Waals surface area contributed by atoms with Crippen LogP contribution >= 0.6 is 0 Å². The van der Waals surface area contributed by atoms with Crippen molar-refractivity contribution in [1.82, 2.24) is 9.80 Å². The number of carbonyl (C=O) groups is 2. The highest BCUT2D eigenvalue weighted by molar-refractivity contribution is 6.46. The average Bonchev–Trinajstić information content (AvgIpc) is 3.06. The smallest absolute Gasteiger partial charge is 0.295 e. The SMILES string of the molecule is CCCOc1ccc(/C(O)=C2/C(=O)C(=O)N(CCN(C)C)C2c2cccc(OCC)c2)cc1. The van der Waals surface area contributed by atoms with Crippen molar-refractivity contribution < 1.29 is 24.2 Å². The number of aliphatic hydroxyl groups excluding tert-OH is 1. The largest absolute Gasteiger partial charge is 0.507 e. The van der Waals surface area contributed by atoms with Gasteiger partial charge in [0.15, 0.2) is 0 Å². The topological polar surface area (TPSA) is 79.3 Å². The fourth-order valence-electron chi connectivity index (χ4n) is 3.79. The van der Waals surface area contributed by atoms with Crippen molar-refractivity contribution in [2.24, 2.45) is 0 Å². The summed E-state index contributed by atoms with van der Waals surface area (Å²) in [6, 6.07) is 13.5. The van der Waals surface area contributed by atoms with Gasteiger partial charge in [0.2, 0.25) is 0 Å². The van der Waals surface area contributed by atoms with Crippen molar-refractivity contribution in [3.63, 3.8) is 0 Å². The highest BCUT2D eigenvalue weighted by Gasteiger charge is 2.46. The minimum atomic E-state index is -0.707. The van der Waals surface area contributed by atoms with Gasteiger partial charge in [0.1, 0.15) is 17.3 Å². The Balaban J connectivity index is 2.07. The zero-order valence-electron chi connectivity index (χ0n) is 19.7. The highest BCUT2D eigenvalue weighted by Crippen LogP contribution is 2.40. The molecule has 1 atom stereocenters. The Morgan fingerprint density at radius 3 is 2.39 bits per heavy atom. The summed E-state index contributed by atoms with van der Waals surface area (Å²) in [6.45, 7) is 5.94. The van der Waals surface area contributed by atoms with Crippen molar-refractivity contribution in [1.29, 1.82) is 0 Å². The van der Waals surface area contributed by atoms with Gasteiger partial charge in [0, 0.05) is 18.7 Å². The molecule has 0 radical (unpaired) electrons. The van der Waals surface area contributed by atoms with E-state index in [1.54, 1.807) is 24.3 Å². The molecule has 1 fully saturated rings. The Morgan fingerprint density at radius 2 is 1.76 bits per heavy atom. The third kappa shape index (κ3) is 5.54. The Kier molecular flexibility index (Phi) is 8.11. The molecule has 0 bridgehead atoms. The summed E-state index contributed by atoms with van der Waals surface area (Å²) in [4.78, 5) is 29.6. The third-order valence-electron chi connectivity index (χ3n) is 5.41. The van der Waals surface area contributed by atoms with Crippen LogP contribution in [-0.2, 0) is 9.59 Å². The number of hydrogen-bond donors (Lipinski definition) is 1. The van der Waals surface area contributed by atoms with E-state index in [4.69, 9.17) is 9.47 Å². The van der Waals surface area contributed by atoms with Crippen LogP contribution in [0.3, 0.4) is 0 Å². The van der Waals surface area contributed by atoms with Crippen LogP contribution in [0.2, 0.25) is 0 Å². The van der Waals surface area contributed by atoms with Crippen molar-refractivity contribution in [3.05, 3.63) is 65.2 Å². The van der Waals surface area contributed by atoms with Crippen LogP contribution < -0.4 is 9.47 Å². The molecule has 7 heteroatoms. The Labute approximate surface area is 195 Å². The summed E-state index contributed by atoms with van der Waals surface area (Å²) < 4.78 is 11.2. The van der Waals surface area contributed by atoms with Gasteiger partial charge in [0.05, 0.1) is 24.8 Å². The number of aliphatic hydroxyl groups is 1. The second-order valence-corrected chi connectivity index (χ2v) is 8.17. The van der Waals surface area contributed by atoms with E-state index < -0.39 is 17.7 Å². The van der Waals surface area contributed by atoms with Crippen LogP contribution in [0.15, 0.2) is 54.1 Å². The van der Waals surface area contributed by atoms with Crippen molar-refractivity contribution in [3.8, 4) is 11.5 Å². The lowest BCUT2D eigenvalue weighted by Crippen LogP contribution is -2.35. The second kappa shape index (κ2) is 11.0.